The van der Waals surface area contributed by atoms with Crippen molar-refractivity contribution >= 4 is 11.7 Å². The Bertz CT molecular complexity index is 683. The van der Waals surface area contributed by atoms with E-state index in [9.17, 15) is 9.18 Å². The highest BCUT2D eigenvalue weighted by molar-refractivity contribution is 5.94. The van der Waals surface area contributed by atoms with Crippen LogP contribution in [0.25, 0.3) is 0 Å². The Kier molecular flexibility index (Phi) is 5.86. The van der Waals surface area contributed by atoms with Crippen LogP contribution in [0.15, 0.2) is 49.2 Å². The van der Waals surface area contributed by atoms with Crippen molar-refractivity contribution in [3.05, 3.63) is 71.7 Å². The minimum absolute atomic E-state index is 0.175. The molecule has 0 aliphatic carbocycles. The van der Waals surface area contributed by atoms with E-state index in [1.165, 1.54) is 18.3 Å². The fraction of sp³-hybridized carbons (Fsp3) is 0.222. The number of anilines is 1. The predicted molar refractivity (Wildman–Crippen MR) is 90.1 cm³/mol. The van der Waals surface area contributed by atoms with Crippen molar-refractivity contribution < 1.29 is 9.18 Å². The lowest BCUT2D eigenvalue weighted by atomic mass is 10.1. The number of carbonyl (C=O) groups excluding carboxylic acids is 1. The molecule has 5 heteroatoms. The molecule has 23 heavy (non-hydrogen) atoms. The van der Waals surface area contributed by atoms with E-state index in [2.05, 4.69) is 22.2 Å². The van der Waals surface area contributed by atoms with Gasteiger partial charge in [-0.1, -0.05) is 12.1 Å². The lowest BCUT2D eigenvalue weighted by molar-refractivity contribution is 0.0957. The van der Waals surface area contributed by atoms with Gasteiger partial charge in [0.1, 0.15) is 11.6 Å². The summed E-state index contributed by atoms with van der Waals surface area (Å²) in [5, 5.41) is 5.89. The number of carbonyl (C=O) groups is 1. The third-order valence-corrected chi connectivity index (χ3v) is 3.44. The molecule has 0 radical (unpaired) electrons. The molecule has 1 aromatic carbocycles. The van der Waals surface area contributed by atoms with Crippen molar-refractivity contribution in [2.45, 2.75) is 13.3 Å². The van der Waals surface area contributed by atoms with Gasteiger partial charge in [0.25, 0.3) is 5.91 Å². The summed E-state index contributed by atoms with van der Waals surface area (Å²) in [6.45, 7) is 6.55. The molecule has 1 amide bonds. The molecule has 0 unspecified atom stereocenters. The predicted octanol–water partition coefficient (Wildman–Crippen LogP) is 3.10. The highest BCUT2D eigenvalue weighted by Crippen LogP contribution is 2.11. The summed E-state index contributed by atoms with van der Waals surface area (Å²) in [5.74, 6) is 0.308. The fourth-order valence-corrected chi connectivity index (χ4v) is 2.16. The first-order valence-electron chi connectivity index (χ1n) is 7.44. The third-order valence-electron chi connectivity index (χ3n) is 3.44. The van der Waals surface area contributed by atoms with Crippen LogP contribution >= 0.6 is 0 Å². The average molecular weight is 313 g/mol. The monoisotopic (exact) mass is 313 g/mol. The van der Waals surface area contributed by atoms with Crippen LogP contribution in [-0.2, 0) is 6.42 Å². The molecule has 2 N–H and O–H groups in total. The molecule has 0 spiro atoms. The Balaban J connectivity index is 1.86. The molecule has 1 aromatic heterocycles. The van der Waals surface area contributed by atoms with Crippen LogP contribution in [0.1, 0.15) is 21.5 Å². The van der Waals surface area contributed by atoms with E-state index in [-0.39, 0.29) is 11.7 Å². The molecule has 0 aliphatic rings. The summed E-state index contributed by atoms with van der Waals surface area (Å²) in [5.41, 5.74) is 2.54. The van der Waals surface area contributed by atoms with Gasteiger partial charge in [0.05, 0.1) is 5.56 Å². The van der Waals surface area contributed by atoms with Gasteiger partial charge in [0, 0.05) is 19.3 Å². The number of amides is 1. The van der Waals surface area contributed by atoms with Gasteiger partial charge >= 0.3 is 0 Å². The fourth-order valence-electron chi connectivity index (χ4n) is 2.16. The normalized spacial score (nSPS) is 10.2. The Morgan fingerprint density at radius 1 is 1.35 bits per heavy atom. The topological polar surface area (TPSA) is 54.0 Å². The van der Waals surface area contributed by atoms with Crippen molar-refractivity contribution in [3.63, 3.8) is 0 Å². The maximum atomic E-state index is 13.1. The molecule has 120 valence electrons. The van der Waals surface area contributed by atoms with Crippen LogP contribution in [0.3, 0.4) is 0 Å². The smallest absolute Gasteiger partial charge is 0.253 e. The van der Waals surface area contributed by atoms with Crippen molar-refractivity contribution in [2.75, 3.05) is 18.4 Å². The zero-order valence-corrected chi connectivity index (χ0v) is 13.1. The highest BCUT2D eigenvalue weighted by Gasteiger charge is 2.05. The molecule has 0 aliphatic heterocycles. The summed E-state index contributed by atoms with van der Waals surface area (Å²) < 4.78 is 13.1. The molecular weight excluding hydrogens is 293 g/mol. The van der Waals surface area contributed by atoms with Crippen LogP contribution in [0.2, 0.25) is 0 Å². The summed E-state index contributed by atoms with van der Waals surface area (Å²) in [6.07, 6.45) is 3.93. The molecule has 0 saturated heterocycles. The van der Waals surface area contributed by atoms with Crippen LogP contribution in [0.5, 0.6) is 0 Å². The number of aromatic nitrogens is 1. The summed E-state index contributed by atoms with van der Waals surface area (Å²) in [7, 11) is 0. The van der Waals surface area contributed by atoms with E-state index < -0.39 is 0 Å². The molecule has 2 rings (SSSR count). The van der Waals surface area contributed by atoms with E-state index in [0.717, 1.165) is 17.5 Å². The van der Waals surface area contributed by atoms with Crippen LogP contribution < -0.4 is 10.6 Å². The number of nitrogens with zero attached hydrogens (tertiary/aromatic N) is 1. The van der Waals surface area contributed by atoms with E-state index in [4.69, 9.17) is 0 Å². The number of benzene rings is 1. The molecule has 0 bridgehead atoms. The van der Waals surface area contributed by atoms with Gasteiger partial charge in [-0.15, -0.1) is 6.58 Å². The molecule has 4 nitrogen and oxygen atoms in total. The maximum Gasteiger partial charge on any atom is 0.253 e. The van der Waals surface area contributed by atoms with Crippen LogP contribution in [-0.4, -0.2) is 24.0 Å². The highest BCUT2D eigenvalue weighted by atomic mass is 19.1. The number of aryl methyl sites for hydroxylation is 1. The minimum atomic E-state index is -0.216. The largest absolute Gasteiger partial charge is 0.370 e. The quantitative estimate of drug-likeness (QED) is 0.772. The lowest BCUT2D eigenvalue weighted by Gasteiger charge is -2.09. The molecule has 1 heterocycles. The lowest BCUT2D eigenvalue weighted by Crippen LogP contribution is -2.23. The van der Waals surface area contributed by atoms with E-state index in [1.54, 1.807) is 24.3 Å². The molecule has 2 aromatic rings. The maximum absolute atomic E-state index is 13.1. The zero-order valence-electron chi connectivity index (χ0n) is 13.1. The van der Waals surface area contributed by atoms with Crippen LogP contribution in [0, 0.1) is 12.7 Å². The summed E-state index contributed by atoms with van der Waals surface area (Å²) in [4.78, 5) is 15.9. The van der Waals surface area contributed by atoms with Gasteiger partial charge in [-0.2, -0.15) is 0 Å². The number of hydrogen-bond donors (Lipinski definition) is 2. The first kappa shape index (κ1) is 16.7. The summed E-state index contributed by atoms with van der Waals surface area (Å²) in [6, 6.07) is 8.28. The first-order valence-corrected chi connectivity index (χ1v) is 7.44. The second kappa shape index (κ2) is 8.08. The Morgan fingerprint density at radius 2 is 2.17 bits per heavy atom. The van der Waals surface area contributed by atoms with E-state index >= 15 is 0 Å². The average Bonchev–Trinajstić information content (AvgIpc) is 2.55. The zero-order chi connectivity index (χ0) is 16.7. The van der Waals surface area contributed by atoms with Crippen molar-refractivity contribution in [2.24, 2.45) is 0 Å². The number of hydrogen-bond acceptors (Lipinski definition) is 3. The second-order valence-electron chi connectivity index (χ2n) is 5.18. The number of nitrogens with one attached hydrogen (secondary N) is 2. The number of rotatable bonds is 7. The molecule has 0 atom stereocenters. The number of halogens is 1. The molecular formula is C18H20FN3O. The van der Waals surface area contributed by atoms with Gasteiger partial charge in [-0.05, 0) is 48.7 Å². The standard InChI is InChI=1S/C18H20FN3O/c1-3-9-21-18(23)15-5-7-17(22-12-15)20-10-8-14-4-6-16(19)11-13(14)2/h3-7,11-12H,1,8-10H2,2H3,(H,20,22)(H,21,23). The minimum Gasteiger partial charge on any atom is -0.370 e. The Morgan fingerprint density at radius 3 is 2.83 bits per heavy atom. The third kappa shape index (κ3) is 4.92. The van der Waals surface area contributed by atoms with E-state index in [0.29, 0.717) is 24.5 Å². The van der Waals surface area contributed by atoms with Crippen molar-refractivity contribution in [1.29, 1.82) is 0 Å². The van der Waals surface area contributed by atoms with Crippen molar-refractivity contribution in [1.82, 2.24) is 10.3 Å². The number of pyridine rings is 1. The molecule has 0 saturated carbocycles. The van der Waals surface area contributed by atoms with Gasteiger partial charge in [-0.25, -0.2) is 9.37 Å². The van der Waals surface area contributed by atoms with Crippen molar-refractivity contribution in [3.8, 4) is 0 Å². The Hall–Kier alpha value is -2.69. The summed E-state index contributed by atoms with van der Waals surface area (Å²) >= 11 is 0. The molecule has 0 fully saturated rings. The Labute approximate surface area is 135 Å². The van der Waals surface area contributed by atoms with Crippen LogP contribution in [0.4, 0.5) is 10.2 Å². The second-order valence-corrected chi connectivity index (χ2v) is 5.18. The van der Waals surface area contributed by atoms with Gasteiger partial charge in [0.2, 0.25) is 0 Å². The first-order chi connectivity index (χ1) is 11.1. The SMILES string of the molecule is C=CCNC(=O)c1ccc(NCCc2ccc(F)cc2C)nc1. The van der Waals surface area contributed by atoms with Gasteiger partial charge in [-0.3, -0.25) is 4.79 Å². The van der Waals surface area contributed by atoms with Gasteiger partial charge in [0.15, 0.2) is 0 Å². The van der Waals surface area contributed by atoms with E-state index in [1.807, 2.05) is 6.92 Å². The van der Waals surface area contributed by atoms with Gasteiger partial charge < -0.3 is 10.6 Å².